The highest BCUT2D eigenvalue weighted by Crippen LogP contribution is 2.16. The number of carbonyl (C=O) groups is 2. The Morgan fingerprint density at radius 3 is 2.54 bits per heavy atom. The molecule has 2 atom stereocenters. The Morgan fingerprint density at radius 2 is 1.92 bits per heavy atom. The van der Waals surface area contributed by atoms with Gasteiger partial charge in [-0.2, -0.15) is 4.68 Å². The second-order valence-electron chi connectivity index (χ2n) is 6.07. The summed E-state index contributed by atoms with van der Waals surface area (Å²) in [4.78, 5) is 36.1. The number of aromatic nitrogens is 3. The third kappa shape index (κ3) is 3.76. The number of rotatable bonds is 6. The predicted octanol–water partition coefficient (Wildman–Crippen LogP) is 0.968. The molecule has 1 heterocycles. The molecule has 1 amide bonds. The number of aliphatic carboxylic acids is 1. The van der Waals surface area contributed by atoms with E-state index in [-0.39, 0.29) is 5.92 Å². The number of nitrogens with one attached hydrogen (secondary N) is 1. The van der Waals surface area contributed by atoms with Gasteiger partial charge >= 0.3 is 5.97 Å². The Bertz CT molecular complexity index is 815. The normalized spacial score (nSPS) is 13.7. The second-order valence-corrected chi connectivity index (χ2v) is 6.07. The SMILES string of the molecule is CC(C)CC(C(=O)NC(C)C(=O)O)n1nnc2ccccc2c1=O. The van der Waals surface area contributed by atoms with Gasteiger partial charge in [-0.25, -0.2) is 0 Å². The van der Waals surface area contributed by atoms with Crippen LogP contribution < -0.4 is 10.9 Å². The summed E-state index contributed by atoms with van der Waals surface area (Å²) in [6.45, 7) is 5.17. The highest BCUT2D eigenvalue weighted by atomic mass is 16.4. The third-order valence-corrected chi connectivity index (χ3v) is 3.61. The minimum atomic E-state index is -1.15. The fraction of sp³-hybridized carbons (Fsp3) is 0.438. The van der Waals surface area contributed by atoms with E-state index in [1.165, 1.54) is 6.92 Å². The number of benzene rings is 1. The van der Waals surface area contributed by atoms with Crippen molar-refractivity contribution in [3.63, 3.8) is 0 Å². The zero-order valence-electron chi connectivity index (χ0n) is 13.8. The van der Waals surface area contributed by atoms with Crippen molar-refractivity contribution in [3.05, 3.63) is 34.6 Å². The first kappa shape index (κ1) is 17.6. The third-order valence-electron chi connectivity index (χ3n) is 3.61. The van der Waals surface area contributed by atoms with Crippen LogP contribution in [0.25, 0.3) is 10.9 Å². The lowest BCUT2D eigenvalue weighted by Crippen LogP contribution is -2.45. The van der Waals surface area contributed by atoms with Crippen molar-refractivity contribution in [2.45, 2.75) is 39.3 Å². The molecule has 8 nitrogen and oxygen atoms in total. The molecule has 0 fully saturated rings. The van der Waals surface area contributed by atoms with Crippen LogP contribution >= 0.6 is 0 Å². The van der Waals surface area contributed by atoms with E-state index in [1.54, 1.807) is 24.3 Å². The molecule has 1 aromatic carbocycles. The first-order chi connectivity index (χ1) is 11.3. The summed E-state index contributed by atoms with van der Waals surface area (Å²) >= 11 is 0. The summed E-state index contributed by atoms with van der Waals surface area (Å²) in [5.74, 6) is -1.62. The van der Waals surface area contributed by atoms with Crippen molar-refractivity contribution in [2.75, 3.05) is 0 Å². The lowest BCUT2D eigenvalue weighted by molar-refractivity contribution is -0.142. The van der Waals surface area contributed by atoms with Gasteiger partial charge in [0.15, 0.2) is 0 Å². The van der Waals surface area contributed by atoms with E-state index in [9.17, 15) is 14.4 Å². The molecule has 0 bridgehead atoms. The lowest BCUT2D eigenvalue weighted by Gasteiger charge is -2.21. The van der Waals surface area contributed by atoms with Gasteiger partial charge in [-0.1, -0.05) is 31.2 Å². The van der Waals surface area contributed by atoms with Gasteiger partial charge in [0, 0.05) is 0 Å². The smallest absolute Gasteiger partial charge is 0.325 e. The van der Waals surface area contributed by atoms with Crippen LogP contribution in [0.1, 0.15) is 33.2 Å². The summed E-state index contributed by atoms with van der Waals surface area (Å²) in [5.41, 5.74) is 0.0192. The van der Waals surface area contributed by atoms with E-state index in [0.717, 1.165) is 4.68 Å². The topological polar surface area (TPSA) is 114 Å². The maximum atomic E-state index is 12.6. The number of carbonyl (C=O) groups excluding carboxylic acids is 1. The standard InChI is InChI=1S/C16H20N4O4/c1-9(2)8-13(14(21)17-10(3)16(23)24)20-15(22)11-6-4-5-7-12(11)18-19-20/h4-7,9-10,13H,8H2,1-3H3,(H,17,21)(H,23,24). The number of hydrogen-bond acceptors (Lipinski definition) is 5. The Hall–Kier alpha value is -2.77. The number of carboxylic acid groups (broad SMARTS) is 1. The fourth-order valence-corrected chi connectivity index (χ4v) is 2.34. The maximum Gasteiger partial charge on any atom is 0.325 e. The number of hydrogen-bond donors (Lipinski definition) is 2. The molecule has 0 radical (unpaired) electrons. The minimum Gasteiger partial charge on any atom is -0.480 e. The first-order valence-electron chi connectivity index (χ1n) is 7.68. The zero-order valence-corrected chi connectivity index (χ0v) is 13.8. The van der Waals surface area contributed by atoms with Gasteiger partial charge in [-0.3, -0.25) is 14.4 Å². The Kier molecular flexibility index (Phi) is 5.28. The van der Waals surface area contributed by atoms with E-state index >= 15 is 0 Å². The van der Waals surface area contributed by atoms with E-state index < -0.39 is 29.5 Å². The van der Waals surface area contributed by atoms with Crippen LogP contribution in [0.2, 0.25) is 0 Å². The molecule has 0 aliphatic heterocycles. The van der Waals surface area contributed by atoms with Crippen LogP contribution in [0.3, 0.4) is 0 Å². The van der Waals surface area contributed by atoms with E-state index in [1.807, 2.05) is 13.8 Å². The van der Waals surface area contributed by atoms with Gasteiger partial charge in [-0.15, -0.1) is 5.10 Å². The van der Waals surface area contributed by atoms with Gasteiger partial charge < -0.3 is 10.4 Å². The molecule has 1 aromatic heterocycles. The molecule has 0 saturated heterocycles. The summed E-state index contributed by atoms with van der Waals surface area (Å²) in [7, 11) is 0. The lowest BCUT2D eigenvalue weighted by atomic mass is 10.0. The van der Waals surface area contributed by atoms with Gasteiger partial charge in [0.05, 0.1) is 5.39 Å². The molecule has 0 aliphatic rings. The average Bonchev–Trinajstić information content (AvgIpc) is 2.53. The van der Waals surface area contributed by atoms with Crippen molar-refractivity contribution in [1.82, 2.24) is 20.3 Å². The van der Waals surface area contributed by atoms with E-state index in [0.29, 0.717) is 17.3 Å². The Labute approximate surface area is 138 Å². The van der Waals surface area contributed by atoms with Crippen LogP contribution in [0.4, 0.5) is 0 Å². The van der Waals surface area contributed by atoms with Crippen molar-refractivity contribution < 1.29 is 14.7 Å². The van der Waals surface area contributed by atoms with Gasteiger partial charge in [0.1, 0.15) is 17.6 Å². The van der Waals surface area contributed by atoms with Crippen molar-refractivity contribution in [3.8, 4) is 0 Å². The molecular weight excluding hydrogens is 312 g/mol. The first-order valence-corrected chi connectivity index (χ1v) is 7.68. The summed E-state index contributed by atoms with van der Waals surface area (Å²) in [6.07, 6.45) is 0.338. The largest absolute Gasteiger partial charge is 0.480 e. The average molecular weight is 332 g/mol. The maximum absolute atomic E-state index is 12.6. The number of nitrogens with zero attached hydrogens (tertiary/aromatic N) is 3. The van der Waals surface area contributed by atoms with Crippen LogP contribution in [-0.2, 0) is 9.59 Å². The van der Waals surface area contributed by atoms with Crippen molar-refractivity contribution in [1.29, 1.82) is 0 Å². The fourth-order valence-electron chi connectivity index (χ4n) is 2.34. The molecule has 24 heavy (non-hydrogen) atoms. The summed E-state index contributed by atoms with van der Waals surface area (Å²) < 4.78 is 1.03. The van der Waals surface area contributed by atoms with Gasteiger partial charge in [0.25, 0.3) is 5.56 Å². The molecule has 2 aromatic rings. The molecule has 2 N–H and O–H groups in total. The molecular formula is C16H20N4O4. The number of fused-ring (bicyclic) bond motifs is 1. The molecule has 128 valence electrons. The van der Waals surface area contributed by atoms with Gasteiger partial charge in [-0.05, 0) is 31.4 Å². The molecule has 0 saturated carbocycles. The van der Waals surface area contributed by atoms with E-state index in [4.69, 9.17) is 5.11 Å². The highest BCUT2D eigenvalue weighted by molar-refractivity contribution is 5.86. The van der Waals surface area contributed by atoms with Crippen LogP contribution in [-0.4, -0.2) is 38.0 Å². The summed E-state index contributed by atoms with van der Waals surface area (Å²) in [6, 6.07) is 4.76. The summed E-state index contributed by atoms with van der Waals surface area (Å²) in [5, 5.41) is 19.6. The number of amides is 1. The minimum absolute atomic E-state index is 0.0982. The van der Waals surface area contributed by atoms with Crippen molar-refractivity contribution in [2.24, 2.45) is 5.92 Å². The number of carboxylic acids is 1. The van der Waals surface area contributed by atoms with Crippen LogP contribution in [0.5, 0.6) is 0 Å². The monoisotopic (exact) mass is 332 g/mol. The quantitative estimate of drug-likeness (QED) is 0.814. The highest BCUT2D eigenvalue weighted by Gasteiger charge is 2.27. The zero-order chi connectivity index (χ0) is 17.9. The Morgan fingerprint density at radius 1 is 1.25 bits per heavy atom. The molecule has 2 unspecified atom stereocenters. The van der Waals surface area contributed by atoms with Crippen molar-refractivity contribution >= 4 is 22.8 Å². The van der Waals surface area contributed by atoms with E-state index in [2.05, 4.69) is 15.6 Å². The van der Waals surface area contributed by atoms with Crippen LogP contribution in [0.15, 0.2) is 29.1 Å². The molecule has 0 spiro atoms. The second kappa shape index (κ2) is 7.20. The van der Waals surface area contributed by atoms with Gasteiger partial charge in [0.2, 0.25) is 5.91 Å². The Balaban J connectivity index is 2.44. The molecule has 2 rings (SSSR count). The molecule has 8 heteroatoms. The molecule has 0 aliphatic carbocycles. The van der Waals surface area contributed by atoms with Crippen LogP contribution in [0, 0.1) is 5.92 Å². The predicted molar refractivity (Wildman–Crippen MR) is 87.5 cm³/mol.